The third-order valence-electron chi connectivity index (χ3n) is 5.15. The molecule has 29 heavy (non-hydrogen) atoms. The topological polar surface area (TPSA) is 81.9 Å². The van der Waals surface area contributed by atoms with Crippen LogP contribution >= 0.6 is 0 Å². The van der Waals surface area contributed by atoms with E-state index in [2.05, 4.69) is 26.6 Å². The summed E-state index contributed by atoms with van der Waals surface area (Å²) in [6, 6.07) is 11.0. The van der Waals surface area contributed by atoms with Gasteiger partial charge in [-0.05, 0) is 43.3 Å². The van der Waals surface area contributed by atoms with Gasteiger partial charge < -0.3 is 24.2 Å². The number of hydrogen-bond acceptors (Lipinski definition) is 7. The van der Waals surface area contributed by atoms with Crippen LogP contribution in [0.5, 0.6) is 23.0 Å². The summed E-state index contributed by atoms with van der Waals surface area (Å²) in [6.45, 7) is 5.70. The van der Waals surface area contributed by atoms with Gasteiger partial charge in [-0.15, -0.1) is 10.2 Å². The Balaban J connectivity index is 1.50. The summed E-state index contributed by atoms with van der Waals surface area (Å²) in [5, 5.41) is 18.8. The first kappa shape index (κ1) is 17.7. The lowest BCUT2D eigenvalue weighted by atomic mass is 10.1. The number of phenolic OH excluding ortho intramolecular Hbond substituents is 1. The van der Waals surface area contributed by atoms with E-state index in [0.29, 0.717) is 32.9 Å². The van der Waals surface area contributed by atoms with Gasteiger partial charge in [-0.3, -0.25) is 4.57 Å². The first-order valence-corrected chi connectivity index (χ1v) is 9.76. The van der Waals surface area contributed by atoms with Gasteiger partial charge in [-0.1, -0.05) is 0 Å². The number of phenols is 1. The van der Waals surface area contributed by atoms with Crippen molar-refractivity contribution in [3.8, 4) is 34.4 Å². The molecule has 5 rings (SSSR count). The van der Waals surface area contributed by atoms with Gasteiger partial charge in [0.05, 0.1) is 6.54 Å². The molecule has 0 radical (unpaired) electrons. The molecule has 0 saturated heterocycles. The molecule has 0 saturated carbocycles. The van der Waals surface area contributed by atoms with E-state index in [0.717, 1.165) is 46.7 Å². The van der Waals surface area contributed by atoms with E-state index in [-0.39, 0.29) is 5.75 Å². The van der Waals surface area contributed by atoms with Crippen molar-refractivity contribution in [2.24, 2.45) is 0 Å². The third kappa shape index (κ3) is 3.20. The van der Waals surface area contributed by atoms with Crippen molar-refractivity contribution >= 4 is 5.95 Å². The summed E-state index contributed by atoms with van der Waals surface area (Å²) in [7, 11) is 0. The Morgan fingerprint density at radius 1 is 0.931 bits per heavy atom. The van der Waals surface area contributed by atoms with Crippen molar-refractivity contribution in [3.05, 3.63) is 42.0 Å². The number of hydrogen-bond donors (Lipinski definition) is 1. The van der Waals surface area contributed by atoms with Crippen LogP contribution in [0.25, 0.3) is 11.4 Å². The number of aromatic nitrogens is 3. The van der Waals surface area contributed by atoms with Crippen molar-refractivity contribution in [2.75, 3.05) is 31.3 Å². The first-order chi connectivity index (χ1) is 14.2. The summed E-state index contributed by atoms with van der Waals surface area (Å²) in [6.07, 6.45) is 0. The zero-order valence-corrected chi connectivity index (χ0v) is 16.2. The monoisotopic (exact) mass is 394 g/mol. The number of ether oxygens (including phenoxy) is 3. The van der Waals surface area contributed by atoms with E-state index in [1.807, 2.05) is 18.2 Å². The van der Waals surface area contributed by atoms with E-state index in [1.165, 1.54) is 0 Å². The highest BCUT2D eigenvalue weighted by atomic mass is 16.6. The van der Waals surface area contributed by atoms with Crippen LogP contribution in [0.1, 0.15) is 12.5 Å². The maximum absolute atomic E-state index is 9.86. The maximum Gasteiger partial charge on any atom is 0.227 e. The molecule has 150 valence electrons. The van der Waals surface area contributed by atoms with Gasteiger partial charge in [0, 0.05) is 24.2 Å². The van der Waals surface area contributed by atoms with E-state index >= 15 is 0 Å². The molecule has 8 nitrogen and oxygen atoms in total. The molecule has 1 N–H and O–H groups in total. The summed E-state index contributed by atoms with van der Waals surface area (Å²) < 4.78 is 19.3. The van der Waals surface area contributed by atoms with Crippen LogP contribution in [0.2, 0.25) is 0 Å². The van der Waals surface area contributed by atoms with Gasteiger partial charge >= 0.3 is 0 Å². The quantitative estimate of drug-likeness (QED) is 0.731. The predicted molar refractivity (Wildman–Crippen MR) is 107 cm³/mol. The summed E-state index contributed by atoms with van der Waals surface area (Å²) in [5.41, 5.74) is 1.85. The second-order valence-corrected chi connectivity index (χ2v) is 6.99. The van der Waals surface area contributed by atoms with Crippen molar-refractivity contribution in [1.82, 2.24) is 14.8 Å². The van der Waals surface area contributed by atoms with Crippen molar-refractivity contribution < 1.29 is 19.3 Å². The van der Waals surface area contributed by atoms with Crippen LogP contribution in [0.3, 0.4) is 0 Å². The minimum absolute atomic E-state index is 0.225. The molecule has 0 amide bonds. The Hall–Kier alpha value is -3.42. The van der Waals surface area contributed by atoms with Crippen LogP contribution in [0.4, 0.5) is 5.95 Å². The molecule has 2 aliphatic heterocycles. The van der Waals surface area contributed by atoms with Crippen molar-refractivity contribution in [1.29, 1.82) is 0 Å². The molecule has 0 atom stereocenters. The molecule has 8 heteroatoms. The molecular formula is C21H22N4O4. The Morgan fingerprint density at radius 3 is 2.59 bits per heavy atom. The fourth-order valence-corrected chi connectivity index (χ4v) is 3.77. The van der Waals surface area contributed by atoms with Gasteiger partial charge in [0.15, 0.2) is 17.3 Å². The number of fused-ring (bicyclic) bond motifs is 2. The fourth-order valence-electron chi connectivity index (χ4n) is 3.77. The normalized spacial score (nSPS) is 15.4. The highest BCUT2D eigenvalue weighted by Crippen LogP contribution is 2.35. The lowest BCUT2D eigenvalue weighted by Gasteiger charge is -2.22. The average molecular weight is 394 g/mol. The van der Waals surface area contributed by atoms with Crippen LogP contribution in [0, 0.1) is 0 Å². The minimum atomic E-state index is 0.225. The third-order valence-corrected chi connectivity index (χ3v) is 5.15. The zero-order valence-electron chi connectivity index (χ0n) is 16.2. The average Bonchev–Trinajstić information content (AvgIpc) is 3.07. The molecule has 0 spiro atoms. The lowest BCUT2D eigenvalue weighted by Crippen LogP contribution is -2.28. The van der Waals surface area contributed by atoms with E-state index < -0.39 is 0 Å². The number of aromatic hydroxyl groups is 1. The molecule has 2 aliphatic rings. The molecule has 2 aromatic carbocycles. The van der Waals surface area contributed by atoms with Crippen LogP contribution in [-0.4, -0.2) is 46.2 Å². The maximum atomic E-state index is 9.86. The molecule has 0 fully saturated rings. The molecule has 1 aromatic heterocycles. The van der Waals surface area contributed by atoms with Crippen molar-refractivity contribution in [3.63, 3.8) is 0 Å². The van der Waals surface area contributed by atoms with Crippen molar-refractivity contribution in [2.45, 2.75) is 20.0 Å². The van der Waals surface area contributed by atoms with E-state index in [4.69, 9.17) is 14.2 Å². The Morgan fingerprint density at radius 2 is 1.72 bits per heavy atom. The Bertz CT molecular complexity index is 1050. The minimum Gasteiger partial charge on any atom is -0.508 e. The number of rotatable bonds is 3. The first-order valence-electron chi connectivity index (χ1n) is 9.76. The molecule has 0 bridgehead atoms. The Labute approximate surface area is 168 Å². The number of nitrogens with zero attached hydrogens (tertiary/aromatic N) is 4. The zero-order chi connectivity index (χ0) is 19.8. The van der Waals surface area contributed by atoms with Gasteiger partial charge in [-0.2, -0.15) is 0 Å². The summed E-state index contributed by atoms with van der Waals surface area (Å²) in [4.78, 5) is 2.13. The number of benzene rings is 2. The van der Waals surface area contributed by atoms with E-state index in [1.54, 1.807) is 18.2 Å². The molecule has 3 heterocycles. The predicted octanol–water partition coefficient (Wildman–Crippen LogP) is 2.84. The second-order valence-electron chi connectivity index (χ2n) is 6.99. The smallest absolute Gasteiger partial charge is 0.227 e. The standard InChI is InChI=1S/C21H22N4O4/c1-2-25-20(14-3-5-18-19(12-14)29-10-9-28-18)22-23-21(25)24-7-8-27-17-6-4-16(26)11-15(17)13-24/h3-6,11-12,26H,2,7-10,13H2,1H3. The van der Waals surface area contributed by atoms with Gasteiger partial charge in [0.2, 0.25) is 5.95 Å². The molecule has 0 aliphatic carbocycles. The van der Waals surface area contributed by atoms with E-state index in [9.17, 15) is 5.11 Å². The molecule has 3 aromatic rings. The molecular weight excluding hydrogens is 372 g/mol. The summed E-state index contributed by atoms with van der Waals surface area (Å²) >= 11 is 0. The van der Waals surface area contributed by atoms with Crippen LogP contribution in [0.15, 0.2) is 36.4 Å². The highest BCUT2D eigenvalue weighted by molar-refractivity contribution is 5.63. The Kier molecular flexibility index (Phi) is 4.38. The summed E-state index contributed by atoms with van der Waals surface area (Å²) in [5.74, 6) is 4.05. The highest BCUT2D eigenvalue weighted by Gasteiger charge is 2.23. The fraction of sp³-hybridized carbons (Fsp3) is 0.333. The SMILES string of the molecule is CCn1c(-c2ccc3c(c2)OCCO3)nnc1N1CCOc2ccc(O)cc2C1. The lowest BCUT2D eigenvalue weighted by molar-refractivity contribution is 0.171. The van der Waals surface area contributed by atoms with Crippen LogP contribution in [-0.2, 0) is 13.1 Å². The second kappa shape index (κ2) is 7.20. The van der Waals surface area contributed by atoms with Gasteiger partial charge in [-0.25, -0.2) is 0 Å². The van der Waals surface area contributed by atoms with Crippen LogP contribution < -0.4 is 19.1 Å². The largest absolute Gasteiger partial charge is 0.508 e. The van der Waals surface area contributed by atoms with Gasteiger partial charge in [0.1, 0.15) is 31.3 Å². The number of anilines is 1. The van der Waals surface area contributed by atoms with Gasteiger partial charge in [0.25, 0.3) is 0 Å². The molecule has 0 unspecified atom stereocenters.